The second-order valence-corrected chi connectivity index (χ2v) is 6.25. The predicted molar refractivity (Wildman–Crippen MR) is 90.9 cm³/mol. The highest BCUT2D eigenvalue weighted by Crippen LogP contribution is 2.19. The Morgan fingerprint density at radius 2 is 2.08 bits per heavy atom. The summed E-state index contributed by atoms with van der Waals surface area (Å²) in [5.41, 5.74) is 2.43. The van der Waals surface area contributed by atoms with Crippen molar-refractivity contribution in [3.8, 4) is 0 Å². The highest BCUT2D eigenvalue weighted by atomic mass is 32.2. The van der Waals surface area contributed by atoms with Crippen molar-refractivity contribution in [2.45, 2.75) is 12.8 Å². The van der Waals surface area contributed by atoms with Gasteiger partial charge in [-0.3, -0.25) is 9.35 Å². The van der Waals surface area contributed by atoms with Crippen LogP contribution in [0.4, 0.5) is 4.39 Å². The number of carbonyl (C=O) groups excluding carboxylic acids is 1. The molecule has 8 heteroatoms. The number of ketones is 1. The van der Waals surface area contributed by atoms with Gasteiger partial charge in [0.25, 0.3) is 0 Å². The van der Waals surface area contributed by atoms with Crippen LogP contribution in [-0.4, -0.2) is 26.1 Å². The Hall–Kier alpha value is -2.42. The number of aryl methyl sites for hydroxylation is 1. The maximum Gasteiger partial charge on any atom is 0.231 e. The minimum Gasteiger partial charge on any atom is -0.443 e. The Bertz CT molecular complexity index is 941. The molecule has 1 unspecified atom stereocenters. The van der Waals surface area contributed by atoms with Gasteiger partial charge < -0.3 is 4.42 Å². The van der Waals surface area contributed by atoms with Gasteiger partial charge in [-0.15, -0.1) is 0 Å². The molecule has 0 saturated heterocycles. The average molecular weight is 362 g/mol. The predicted octanol–water partition coefficient (Wildman–Crippen LogP) is 2.86. The summed E-state index contributed by atoms with van der Waals surface area (Å²) in [4.78, 5) is 16.6. The molecule has 2 aromatic carbocycles. The minimum atomic E-state index is -2.06. The number of fused-ring (bicyclic) bond motifs is 1. The molecule has 3 rings (SSSR count). The monoisotopic (exact) mass is 362 g/mol. The molecule has 0 aliphatic rings. The molecule has 0 spiro atoms. The number of halogens is 1. The van der Waals surface area contributed by atoms with E-state index in [1.807, 2.05) is 0 Å². The number of rotatable bonds is 7. The summed E-state index contributed by atoms with van der Waals surface area (Å²) < 4.78 is 40.5. The molecule has 0 aliphatic heterocycles. The fraction of sp³-hybridized carbons (Fsp3) is 0.176. The van der Waals surface area contributed by atoms with E-state index in [0.717, 1.165) is 0 Å². The van der Waals surface area contributed by atoms with E-state index in [4.69, 9.17) is 8.97 Å². The van der Waals surface area contributed by atoms with Gasteiger partial charge in [-0.1, -0.05) is 0 Å². The molecule has 0 saturated carbocycles. The van der Waals surface area contributed by atoms with Crippen LogP contribution >= 0.6 is 0 Å². The van der Waals surface area contributed by atoms with Crippen LogP contribution < -0.4 is 4.72 Å². The summed E-state index contributed by atoms with van der Waals surface area (Å²) in [6.07, 6.45) is 2.31. The van der Waals surface area contributed by atoms with E-state index in [0.29, 0.717) is 41.6 Å². The zero-order valence-electron chi connectivity index (χ0n) is 13.1. The Balaban J connectivity index is 1.78. The van der Waals surface area contributed by atoms with Crippen LogP contribution in [0.3, 0.4) is 0 Å². The normalized spacial score (nSPS) is 12.4. The first-order valence-corrected chi connectivity index (χ1v) is 8.65. The van der Waals surface area contributed by atoms with Gasteiger partial charge in [0.15, 0.2) is 17.8 Å². The van der Waals surface area contributed by atoms with Crippen LogP contribution in [0.2, 0.25) is 0 Å². The molecule has 1 atom stereocenters. The van der Waals surface area contributed by atoms with Crippen LogP contribution in [0, 0.1) is 5.82 Å². The number of hydrogen-bond donors (Lipinski definition) is 2. The van der Waals surface area contributed by atoms with Gasteiger partial charge in [-0.25, -0.2) is 18.3 Å². The standard InChI is InChI=1S/C17H15FN2O4S/c18-14-7-11(2-1-5-20-25(22)23)6-13(8-14)17(21)12-3-4-16-15(9-12)19-10-24-16/h3-4,6-10,20H,1-2,5H2,(H,22,23). The maximum absolute atomic E-state index is 13.9. The lowest BCUT2D eigenvalue weighted by Crippen LogP contribution is -2.17. The molecule has 1 heterocycles. The Labute approximate surface area is 145 Å². The van der Waals surface area contributed by atoms with Gasteiger partial charge >= 0.3 is 0 Å². The van der Waals surface area contributed by atoms with E-state index in [1.54, 1.807) is 24.3 Å². The summed E-state index contributed by atoms with van der Waals surface area (Å²) in [7, 11) is 0. The lowest BCUT2D eigenvalue weighted by molar-refractivity contribution is 0.103. The molecule has 130 valence electrons. The minimum absolute atomic E-state index is 0.247. The van der Waals surface area contributed by atoms with E-state index < -0.39 is 17.1 Å². The third kappa shape index (κ3) is 4.36. The number of hydrogen-bond acceptors (Lipinski definition) is 4. The van der Waals surface area contributed by atoms with Crippen LogP contribution in [0.15, 0.2) is 47.2 Å². The van der Waals surface area contributed by atoms with Crippen LogP contribution in [0.5, 0.6) is 0 Å². The van der Waals surface area contributed by atoms with Crippen molar-refractivity contribution in [2.24, 2.45) is 0 Å². The van der Waals surface area contributed by atoms with Crippen LogP contribution in [0.25, 0.3) is 11.1 Å². The zero-order chi connectivity index (χ0) is 17.8. The number of aromatic nitrogens is 1. The van der Waals surface area contributed by atoms with Crippen molar-refractivity contribution in [3.05, 3.63) is 65.3 Å². The van der Waals surface area contributed by atoms with Gasteiger partial charge in [-0.05, 0) is 54.8 Å². The summed E-state index contributed by atoms with van der Waals surface area (Å²) in [5.74, 6) is -0.803. The maximum atomic E-state index is 13.9. The van der Waals surface area contributed by atoms with Gasteiger partial charge in [0.1, 0.15) is 11.3 Å². The first-order chi connectivity index (χ1) is 12.0. The van der Waals surface area contributed by atoms with Gasteiger partial charge in [0.05, 0.1) is 0 Å². The topological polar surface area (TPSA) is 92.4 Å². The summed E-state index contributed by atoms with van der Waals surface area (Å²) in [5, 5.41) is 0. The summed E-state index contributed by atoms with van der Waals surface area (Å²) in [6.45, 7) is 0.311. The third-order valence-corrected chi connectivity index (χ3v) is 4.13. The number of nitrogens with zero attached hydrogens (tertiary/aromatic N) is 1. The van der Waals surface area contributed by atoms with Crippen LogP contribution in [0.1, 0.15) is 27.9 Å². The largest absolute Gasteiger partial charge is 0.443 e. The fourth-order valence-corrected chi connectivity index (χ4v) is 2.86. The molecule has 0 aliphatic carbocycles. The second-order valence-electron chi connectivity index (χ2n) is 5.46. The van der Waals surface area contributed by atoms with E-state index in [-0.39, 0.29) is 11.3 Å². The number of oxazole rings is 1. The van der Waals surface area contributed by atoms with Crippen molar-refractivity contribution in [1.82, 2.24) is 9.71 Å². The van der Waals surface area contributed by atoms with Gasteiger partial charge in [0, 0.05) is 17.7 Å². The van der Waals surface area contributed by atoms with E-state index >= 15 is 0 Å². The highest BCUT2D eigenvalue weighted by Gasteiger charge is 2.13. The molecule has 2 N–H and O–H groups in total. The first kappa shape index (κ1) is 17.4. The van der Waals surface area contributed by atoms with Gasteiger partial charge in [0.2, 0.25) is 11.3 Å². The quantitative estimate of drug-likeness (QED) is 0.383. The lowest BCUT2D eigenvalue weighted by Gasteiger charge is -2.06. The van der Waals surface area contributed by atoms with Crippen molar-refractivity contribution in [2.75, 3.05) is 6.54 Å². The highest BCUT2D eigenvalue weighted by molar-refractivity contribution is 7.77. The number of benzene rings is 2. The molecular formula is C17H15FN2O4S. The van der Waals surface area contributed by atoms with Crippen molar-refractivity contribution >= 4 is 28.1 Å². The molecule has 25 heavy (non-hydrogen) atoms. The van der Waals surface area contributed by atoms with Crippen molar-refractivity contribution in [3.63, 3.8) is 0 Å². The second kappa shape index (κ2) is 7.64. The molecule has 0 amide bonds. The van der Waals surface area contributed by atoms with Crippen molar-refractivity contribution < 1.29 is 22.4 Å². The number of nitrogens with one attached hydrogen (secondary N) is 1. The van der Waals surface area contributed by atoms with E-state index in [9.17, 15) is 13.4 Å². The smallest absolute Gasteiger partial charge is 0.231 e. The summed E-state index contributed by atoms with van der Waals surface area (Å²) in [6, 6.07) is 9.05. The SMILES string of the molecule is O=C(c1cc(F)cc(CCCNS(=O)O)c1)c1ccc2ocnc2c1. The molecule has 0 fully saturated rings. The van der Waals surface area contributed by atoms with Crippen LogP contribution in [-0.2, 0) is 17.7 Å². The number of carbonyl (C=O) groups is 1. The van der Waals surface area contributed by atoms with E-state index in [1.165, 1.54) is 18.5 Å². The molecule has 3 aromatic rings. The Kier molecular flexibility index (Phi) is 5.32. The fourth-order valence-electron chi connectivity index (χ4n) is 2.54. The molecule has 0 bridgehead atoms. The van der Waals surface area contributed by atoms with Gasteiger partial charge in [-0.2, -0.15) is 0 Å². The summed E-state index contributed by atoms with van der Waals surface area (Å²) >= 11 is -2.06. The third-order valence-electron chi connectivity index (χ3n) is 3.68. The first-order valence-electron chi connectivity index (χ1n) is 7.55. The Morgan fingerprint density at radius 1 is 1.24 bits per heavy atom. The lowest BCUT2D eigenvalue weighted by atomic mass is 9.99. The molecule has 6 nitrogen and oxygen atoms in total. The molecule has 1 aromatic heterocycles. The van der Waals surface area contributed by atoms with E-state index in [2.05, 4.69) is 9.71 Å². The molecule has 0 radical (unpaired) electrons. The zero-order valence-corrected chi connectivity index (χ0v) is 13.9. The molecular weight excluding hydrogens is 347 g/mol. The average Bonchev–Trinajstić information content (AvgIpc) is 3.05. The van der Waals surface area contributed by atoms with Crippen molar-refractivity contribution in [1.29, 1.82) is 0 Å². The Morgan fingerprint density at radius 3 is 2.88 bits per heavy atom.